The molecule has 130 valence electrons. The van der Waals surface area contributed by atoms with Crippen LogP contribution < -0.4 is 0 Å². The molecular formula is C25H20N2. The molecule has 4 atom stereocenters. The van der Waals surface area contributed by atoms with Crippen molar-refractivity contribution in [1.29, 1.82) is 0 Å². The Labute approximate surface area is 159 Å². The molecule has 4 aliphatic carbocycles. The molecule has 0 amide bonds. The average molecular weight is 348 g/mol. The molecule has 2 bridgehead atoms. The SMILES string of the molecule is CC(C)=C1[C@@H]2c3ccccc3[C@H]1[C@H]1[C@@H]2C12c1cccnc1-c1ncccc12. The third-order valence-corrected chi connectivity index (χ3v) is 7.69. The normalized spacial score (nSPS) is 29.3. The first-order chi connectivity index (χ1) is 13.3. The Bertz CT molecular complexity index is 1100. The van der Waals surface area contributed by atoms with Crippen LogP contribution in [0.1, 0.15) is 47.9 Å². The summed E-state index contributed by atoms with van der Waals surface area (Å²) < 4.78 is 0. The Morgan fingerprint density at radius 3 is 1.74 bits per heavy atom. The van der Waals surface area contributed by atoms with E-state index in [4.69, 9.17) is 9.97 Å². The van der Waals surface area contributed by atoms with Crippen molar-refractivity contribution in [1.82, 2.24) is 9.97 Å². The van der Waals surface area contributed by atoms with Crippen molar-refractivity contribution in [2.45, 2.75) is 31.1 Å². The van der Waals surface area contributed by atoms with Crippen molar-refractivity contribution in [2.24, 2.45) is 11.8 Å². The van der Waals surface area contributed by atoms with Crippen LogP contribution >= 0.6 is 0 Å². The Morgan fingerprint density at radius 2 is 1.26 bits per heavy atom. The standard InChI is InChI=1S/C25H20N2/c1-13(2)18-19-14-7-3-4-8-15(14)20(18)22-21(19)25(22)16-9-5-11-26-23(16)24-17(25)10-6-12-27-24/h3-12,19-22H,1-2H3/t19-,20+,21+,22-. The van der Waals surface area contributed by atoms with Gasteiger partial charge in [0, 0.05) is 29.6 Å². The van der Waals surface area contributed by atoms with Crippen molar-refractivity contribution in [2.75, 3.05) is 0 Å². The van der Waals surface area contributed by atoms with Gasteiger partial charge in [-0.3, -0.25) is 9.97 Å². The highest BCUT2D eigenvalue weighted by molar-refractivity contribution is 5.82. The lowest BCUT2D eigenvalue weighted by atomic mass is 9.78. The highest BCUT2D eigenvalue weighted by Gasteiger charge is 2.80. The fraction of sp³-hybridized carbons (Fsp3) is 0.280. The molecule has 4 aliphatic rings. The number of fused-ring (bicyclic) bond motifs is 15. The number of aromatic nitrogens is 2. The van der Waals surface area contributed by atoms with Crippen LogP contribution in [-0.4, -0.2) is 9.97 Å². The fourth-order valence-electron chi connectivity index (χ4n) is 7.10. The minimum Gasteiger partial charge on any atom is -0.254 e. The minimum absolute atomic E-state index is 0.112. The summed E-state index contributed by atoms with van der Waals surface area (Å²) in [5, 5.41) is 0. The lowest BCUT2D eigenvalue weighted by molar-refractivity contribution is 0.611. The smallest absolute Gasteiger partial charge is 0.0930 e. The first kappa shape index (κ1) is 14.3. The van der Waals surface area contributed by atoms with E-state index < -0.39 is 0 Å². The Morgan fingerprint density at radius 1 is 0.741 bits per heavy atom. The summed E-state index contributed by atoms with van der Waals surface area (Å²) in [5.74, 6) is 2.41. The van der Waals surface area contributed by atoms with Gasteiger partial charge in [0.2, 0.25) is 0 Å². The van der Waals surface area contributed by atoms with Crippen LogP contribution in [0.3, 0.4) is 0 Å². The predicted molar refractivity (Wildman–Crippen MR) is 106 cm³/mol. The first-order valence-corrected chi connectivity index (χ1v) is 9.93. The fourth-order valence-corrected chi connectivity index (χ4v) is 7.10. The monoisotopic (exact) mass is 348 g/mol. The Balaban J connectivity index is 1.54. The first-order valence-electron chi connectivity index (χ1n) is 9.93. The van der Waals surface area contributed by atoms with Gasteiger partial charge in [0.05, 0.1) is 11.4 Å². The van der Waals surface area contributed by atoms with E-state index in [1.807, 2.05) is 12.4 Å². The van der Waals surface area contributed by atoms with Crippen molar-refractivity contribution in [3.05, 3.63) is 94.3 Å². The van der Waals surface area contributed by atoms with Crippen molar-refractivity contribution in [3.63, 3.8) is 0 Å². The maximum absolute atomic E-state index is 4.76. The second-order valence-corrected chi connectivity index (χ2v) is 8.76. The Hall–Kier alpha value is -2.74. The molecule has 1 spiro atoms. The summed E-state index contributed by atoms with van der Waals surface area (Å²) in [6.07, 6.45) is 3.83. The summed E-state index contributed by atoms with van der Waals surface area (Å²) in [4.78, 5) is 9.53. The van der Waals surface area contributed by atoms with E-state index in [9.17, 15) is 0 Å². The van der Waals surface area contributed by atoms with E-state index in [0.717, 1.165) is 11.4 Å². The molecule has 0 radical (unpaired) electrons. The zero-order chi connectivity index (χ0) is 17.9. The molecule has 2 aromatic heterocycles. The summed E-state index contributed by atoms with van der Waals surface area (Å²) in [6.45, 7) is 4.61. The van der Waals surface area contributed by atoms with Crippen LogP contribution in [0.2, 0.25) is 0 Å². The predicted octanol–water partition coefficient (Wildman–Crippen LogP) is 5.22. The average Bonchev–Trinajstić information content (AvgIpc) is 2.96. The second kappa shape index (κ2) is 4.39. The van der Waals surface area contributed by atoms with Crippen LogP contribution in [-0.2, 0) is 5.41 Å². The van der Waals surface area contributed by atoms with E-state index in [1.165, 1.54) is 16.7 Å². The summed E-state index contributed by atoms with van der Waals surface area (Å²) in [5.41, 5.74) is 11.5. The number of hydrogen-bond donors (Lipinski definition) is 0. The van der Waals surface area contributed by atoms with Gasteiger partial charge in [-0.05, 0) is 60.1 Å². The van der Waals surface area contributed by atoms with Crippen molar-refractivity contribution in [3.8, 4) is 11.4 Å². The second-order valence-electron chi connectivity index (χ2n) is 8.76. The molecule has 0 saturated heterocycles. The van der Waals surface area contributed by atoms with Crippen LogP contribution in [0.15, 0.2) is 72.1 Å². The van der Waals surface area contributed by atoms with Crippen LogP contribution in [0.5, 0.6) is 0 Å². The largest absolute Gasteiger partial charge is 0.254 e. The number of hydrogen-bond acceptors (Lipinski definition) is 2. The van der Waals surface area contributed by atoms with Gasteiger partial charge in [-0.1, -0.05) is 47.5 Å². The van der Waals surface area contributed by atoms with Crippen LogP contribution in [0.25, 0.3) is 11.4 Å². The van der Waals surface area contributed by atoms with E-state index >= 15 is 0 Å². The molecule has 0 aliphatic heterocycles. The summed E-state index contributed by atoms with van der Waals surface area (Å²) in [7, 11) is 0. The van der Waals surface area contributed by atoms with Gasteiger partial charge in [-0.15, -0.1) is 0 Å². The molecule has 3 aromatic rings. The molecule has 0 unspecified atom stereocenters. The van der Waals surface area contributed by atoms with Crippen LogP contribution in [0.4, 0.5) is 0 Å². The van der Waals surface area contributed by atoms with Gasteiger partial charge < -0.3 is 0 Å². The highest BCUT2D eigenvalue weighted by Crippen LogP contribution is 2.85. The maximum atomic E-state index is 4.76. The summed E-state index contributed by atoms with van der Waals surface area (Å²) in [6, 6.07) is 18.0. The number of benzene rings is 1. The number of allylic oxidation sites excluding steroid dienone is 2. The van der Waals surface area contributed by atoms with Gasteiger partial charge in [-0.25, -0.2) is 0 Å². The number of nitrogens with zero attached hydrogens (tertiary/aromatic N) is 2. The topological polar surface area (TPSA) is 25.8 Å². The molecule has 2 heterocycles. The molecule has 2 saturated carbocycles. The van der Waals surface area contributed by atoms with E-state index in [1.54, 1.807) is 16.7 Å². The zero-order valence-electron chi connectivity index (χ0n) is 15.5. The third kappa shape index (κ3) is 1.35. The van der Waals surface area contributed by atoms with Gasteiger partial charge in [0.25, 0.3) is 0 Å². The molecule has 7 rings (SSSR count). The van der Waals surface area contributed by atoms with Crippen molar-refractivity contribution < 1.29 is 0 Å². The molecule has 0 N–H and O–H groups in total. The molecule has 27 heavy (non-hydrogen) atoms. The number of pyridine rings is 2. The Kier molecular flexibility index (Phi) is 2.33. The quantitative estimate of drug-likeness (QED) is 0.521. The summed E-state index contributed by atoms with van der Waals surface area (Å²) >= 11 is 0. The highest BCUT2D eigenvalue weighted by atomic mass is 14.9. The molecule has 2 nitrogen and oxygen atoms in total. The molecule has 2 heteroatoms. The van der Waals surface area contributed by atoms with E-state index in [-0.39, 0.29) is 5.41 Å². The lowest BCUT2D eigenvalue weighted by Gasteiger charge is -2.24. The van der Waals surface area contributed by atoms with Crippen molar-refractivity contribution >= 4 is 0 Å². The lowest BCUT2D eigenvalue weighted by Crippen LogP contribution is -2.18. The zero-order valence-corrected chi connectivity index (χ0v) is 15.5. The van der Waals surface area contributed by atoms with Gasteiger partial charge in [-0.2, -0.15) is 0 Å². The third-order valence-electron chi connectivity index (χ3n) is 7.69. The molecule has 2 fully saturated rings. The van der Waals surface area contributed by atoms with E-state index in [2.05, 4.69) is 62.4 Å². The molecular weight excluding hydrogens is 328 g/mol. The van der Waals surface area contributed by atoms with Crippen LogP contribution in [0, 0.1) is 11.8 Å². The maximum Gasteiger partial charge on any atom is 0.0930 e. The minimum atomic E-state index is 0.112. The molecule has 1 aromatic carbocycles. The van der Waals surface area contributed by atoms with E-state index in [0.29, 0.717) is 23.7 Å². The number of rotatable bonds is 0. The van der Waals surface area contributed by atoms with Gasteiger partial charge in [0.15, 0.2) is 0 Å². The van der Waals surface area contributed by atoms with Gasteiger partial charge >= 0.3 is 0 Å². The van der Waals surface area contributed by atoms with Gasteiger partial charge in [0.1, 0.15) is 0 Å².